The quantitative estimate of drug-likeness (QED) is 0.649. The molecule has 1 saturated carbocycles. The average molecular weight is 155 g/mol. The van der Waals surface area contributed by atoms with Crippen LogP contribution < -0.4 is 5.32 Å². The summed E-state index contributed by atoms with van der Waals surface area (Å²) in [4.78, 5) is 11.0. The van der Waals surface area contributed by atoms with E-state index in [-0.39, 0.29) is 6.04 Å². The molecule has 0 saturated heterocycles. The Kier molecular flexibility index (Phi) is 3.06. The highest BCUT2D eigenvalue weighted by Crippen LogP contribution is 2.33. The summed E-state index contributed by atoms with van der Waals surface area (Å²) in [5.74, 6) is 1.13. The second-order valence-corrected chi connectivity index (χ2v) is 3.40. The normalized spacial score (nSPS) is 19.8. The minimum Gasteiger partial charge on any atom is -0.308 e. The Balaban J connectivity index is 2.24. The number of carbonyl (C=O) groups is 1. The summed E-state index contributed by atoms with van der Waals surface area (Å²) < 4.78 is 0. The molecule has 0 aliphatic heterocycles. The molecule has 11 heavy (non-hydrogen) atoms. The summed E-state index contributed by atoms with van der Waals surface area (Å²) in [6, 6.07) is 0.132. The van der Waals surface area contributed by atoms with Crippen LogP contribution in [-0.4, -0.2) is 18.4 Å². The van der Waals surface area contributed by atoms with Crippen molar-refractivity contribution >= 4 is 5.78 Å². The molecule has 0 aromatic rings. The lowest BCUT2D eigenvalue weighted by atomic mass is 10.1. The highest BCUT2D eigenvalue weighted by Gasteiger charge is 2.26. The zero-order valence-corrected chi connectivity index (χ0v) is 7.39. The van der Waals surface area contributed by atoms with Crippen LogP contribution in [0.15, 0.2) is 0 Å². The molecule has 0 heterocycles. The first-order valence-electron chi connectivity index (χ1n) is 4.48. The van der Waals surface area contributed by atoms with Crippen molar-refractivity contribution in [2.45, 2.75) is 39.2 Å². The minimum atomic E-state index is 0.132. The first kappa shape index (κ1) is 8.72. The first-order valence-corrected chi connectivity index (χ1v) is 4.48. The molecule has 1 fully saturated rings. The topological polar surface area (TPSA) is 29.1 Å². The molecule has 2 heteroatoms. The fraction of sp³-hybridized carbons (Fsp3) is 0.889. The highest BCUT2D eigenvalue weighted by atomic mass is 16.1. The van der Waals surface area contributed by atoms with Crippen molar-refractivity contribution in [3.8, 4) is 0 Å². The van der Waals surface area contributed by atoms with E-state index in [0.29, 0.717) is 5.78 Å². The zero-order chi connectivity index (χ0) is 8.27. The molecule has 0 unspecified atom stereocenters. The number of carbonyl (C=O) groups excluding carboxylic acids is 1. The first-order chi connectivity index (χ1) is 5.24. The fourth-order valence-corrected chi connectivity index (χ4v) is 1.33. The number of likely N-dealkylation sites (N-methyl/N-ethyl adjacent to an activating group) is 1. The number of nitrogens with one attached hydrogen (secondary N) is 1. The van der Waals surface area contributed by atoms with Gasteiger partial charge in [-0.15, -0.1) is 0 Å². The van der Waals surface area contributed by atoms with Crippen LogP contribution >= 0.6 is 0 Å². The second-order valence-electron chi connectivity index (χ2n) is 3.40. The van der Waals surface area contributed by atoms with Gasteiger partial charge in [-0.05, 0) is 25.8 Å². The maximum Gasteiger partial charge on any atom is 0.146 e. The fourth-order valence-electron chi connectivity index (χ4n) is 1.33. The number of hydrogen-bond donors (Lipinski definition) is 1. The Morgan fingerprint density at radius 3 is 2.64 bits per heavy atom. The van der Waals surface area contributed by atoms with Gasteiger partial charge < -0.3 is 5.32 Å². The van der Waals surface area contributed by atoms with Crippen LogP contribution in [0.3, 0.4) is 0 Å². The van der Waals surface area contributed by atoms with Crippen LogP contribution in [0.25, 0.3) is 0 Å². The summed E-state index contributed by atoms with van der Waals surface area (Å²) >= 11 is 0. The Morgan fingerprint density at radius 1 is 1.64 bits per heavy atom. The van der Waals surface area contributed by atoms with Crippen molar-refractivity contribution in [2.75, 3.05) is 6.54 Å². The Morgan fingerprint density at radius 2 is 2.27 bits per heavy atom. The van der Waals surface area contributed by atoms with Crippen LogP contribution in [0.5, 0.6) is 0 Å². The third-order valence-electron chi connectivity index (χ3n) is 2.21. The van der Waals surface area contributed by atoms with E-state index in [0.717, 1.165) is 18.9 Å². The van der Waals surface area contributed by atoms with Crippen molar-refractivity contribution in [2.24, 2.45) is 5.92 Å². The molecule has 1 aliphatic rings. The SMILES string of the molecule is CCN[C@@H](CC1CC1)C(C)=O. The highest BCUT2D eigenvalue weighted by molar-refractivity contribution is 5.81. The molecular weight excluding hydrogens is 138 g/mol. The lowest BCUT2D eigenvalue weighted by Crippen LogP contribution is -2.35. The zero-order valence-electron chi connectivity index (χ0n) is 7.39. The van der Waals surface area contributed by atoms with E-state index in [9.17, 15) is 4.79 Å². The van der Waals surface area contributed by atoms with Crippen LogP contribution in [0, 0.1) is 5.92 Å². The van der Waals surface area contributed by atoms with Gasteiger partial charge in [0.2, 0.25) is 0 Å². The molecule has 0 bridgehead atoms. The average Bonchev–Trinajstić information content (AvgIpc) is 2.70. The molecule has 0 spiro atoms. The number of rotatable bonds is 5. The maximum atomic E-state index is 11.0. The van der Waals surface area contributed by atoms with Crippen molar-refractivity contribution in [3.05, 3.63) is 0 Å². The number of ketones is 1. The Labute approximate surface area is 68.4 Å². The number of hydrogen-bond acceptors (Lipinski definition) is 2. The lowest BCUT2D eigenvalue weighted by molar-refractivity contribution is -0.119. The van der Waals surface area contributed by atoms with Gasteiger partial charge in [-0.2, -0.15) is 0 Å². The summed E-state index contributed by atoms with van der Waals surface area (Å²) in [7, 11) is 0. The van der Waals surface area contributed by atoms with Crippen LogP contribution in [0.4, 0.5) is 0 Å². The monoisotopic (exact) mass is 155 g/mol. The standard InChI is InChI=1S/C9H17NO/c1-3-10-9(7(2)11)6-8-4-5-8/h8-10H,3-6H2,1-2H3/t9-/m0/s1. The van der Waals surface area contributed by atoms with E-state index in [4.69, 9.17) is 0 Å². The van der Waals surface area contributed by atoms with Gasteiger partial charge in [0.1, 0.15) is 5.78 Å². The molecule has 0 aromatic carbocycles. The van der Waals surface area contributed by atoms with Gasteiger partial charge in [0.05, 0.1) is 6.04 Å². The van der Waals surface area contributed by atoms with E-state index in [1.165, 1.54) is 12.8 Å². The molecular formula is C9H17NO. The van der Waals surface area contributed by atoms with Crippen LogP contribution in [0.1, 0.15) is 33.1 Å². The van der Waals surface area contributed by atoms with Crippen molar-refractivity contribution in [1.29, 1.82) is 0 Å². The van der Waals surface area contributed by atoms with E-state index in [1.54, 1.807) is 6.92 Å². The molecule has 0 aromatic heterocycles. The molecule has 1 N–H and O–H groups in total. The molecule has 2 nitrogen and oxygen atoms in total. The third kappa shape index (κ3) is 3.02. The number of Topliss-reactive ketones (excluding diaryl/α,β-unsaturated/α-hetero) is 1. The van der Waals surface area contributed by atoms with Gasteiger partial charge in [-0.25, -0.2) is 0 Å². The molecule has 64 valence electrons. The summed E-state index contributed by atoms with van der Waals surface area (Å²) in [5.41, 5.74) is 0. The molecule has 1 aliphatic carbocycles. The predicted octanol–water partition coefficient (Wildman–Crippen LogP) is 1.35. The van der Waals surface area contributed by atoms with E-state index < -0.39 is 0 Å². The second kappa shape index (κ2) is 3.86. The van der Waals surface area contributed by atoms with Gasteiger partial charge in [0.25, 0.3) is 0 Å². The Bertz CT molecular complexity index is 140. The third-order valence-corrected chi connectivity index (χ3v) is 2.21. The maximum absolute atomic E-state index is 11.0. The van der Waals surface area contributed by atoms with Gasteiger partial charge in [0.15, 0.2) is 0 Å². The molecule has 0 radical (unpaired) electrons. The Hall–Kier alpha value is -0.370. The van der Waals surface area contributed by atoms with Crippen LogP contribution in [0.2, 0.25) is 0 Å². The molecule has 1 rings (SSSR count). The largest absolute Gasteiger partial charge is 0.308 e. The van der Waals surface area contributed by atoms with Gasteiger partial charge >= 0.3 is 0 Å². The van der Waals surface area contributed by atoms with Crippen molar-refractivity contribution < 1.29 is 4.79 Å². The summed E-state index contributed by atoms with van der Waals surface area (Å²) in [6.45, 7) is 4.62. The van der Waals surface area contributed by atoms with E-state index in [2.05, 4.69) is 5.32 Å². The smallest absolute Gasteiger partial charge is 0.146 e. The van der Waals surface area contributed by atoms with E-state index >= 15 is 0 Å². The lowest BCUT2D eigenvalue weighted by Gasteiger charge is -2.13. The van der Waals surface area contributed by atoms with Gasteiger partial charge in [-0.1, -0.05) is 19.8 Å². The van der Waals surface area contributed by atoms with Crippen LogP contribution in [-0.2, 0) is 4.79 Å². The van der Waals surface area contributed by atoms with E-state index in [1.807, 2.05) is 6.92 Å². The summed E-state index contributed by atoms with van der Waals surface area (Å²) in [6.07, 6.45) is 3.72. The minimum absolute atomic E-state index is 0.132. The van der Waals surface area contributed by atoms with Gasteiger partial charge in [0, 0.05) is 0 Å². The molecule has 0 amide bonds. The van der Waals surface area contributed by atoms with Crippen molar-refractivity contribution in [1.82, 2.24) is 5.32 Å². The van der Waals surface area contributed by atoms with Gasteiger partial charge in [-0.3, -0.25) is 4.79 Å². The van der Waals surface area contributed by atoms with Crippen molar-refractivity contribution in [3.63, 3.8) is 0 Å². The summed E-state index contributed by atoms with van der Waals surface area (Å²) in [5, 5.41) is 3.20. The predicted molar refractivity (Wildman–Crippen MR) is 45.5 cm³/mol. The molecule has 1 atom stereocenters.